The summed E-state index contributed by atoms with van der Waals surface area (Å²) < 4.78 is 38.7. The molecule has 0 spiro atoms. The van der Waals surface area contributed by atoms with E-state index in [0.29, 0.717) is 17.8 Å². The lowest BCUT2D eigenvalue weighted by atomic mass is 9.97. The van der Waals surface area contributed by atoms with Gasteiger partial charge in [-0.2, -0.15) is 10.2 Å². The highest BCUT2D eigenvalue weighted by atomic mass is 31.2. The Morgan fingerprint density at radius 3 is 2.50 bits per heavy atom. The summed E-state index contributed by atoms with van der Waals surface area (Å²) in [4.78, 5) is 19.0. The number of hydrogen-bond donors (Lipinski definition) is 4. The third-order valence-electron chi connectivity index (χ3n) is 7.57. The highest BCUT2D eigenvalue weighted by Crippen LogP contribution is 2.48. The predicted octanol–water partition coefficient (Wildman–Crippen LogP) is 2.71. The van der Waals surface area contributed by atoms with Crippen LogP contribution in [0, 0.1) is 0 Å². The predicted molar refractivity (Wildman–Crippen MR) is 163 cm³/mol. The Balaban J connectivity index is 1.47. The van der Waals surface area contributed by atoms with Crippen molar-refractivity contribution >= 4 is 25.1 Å². The van der Waals surface area contributed by atoms with Crippen LogP contribution in [0.3, 0.4) is 0 Å². The average Bonchev–Trinajstić information content (AvgIpc) is 3.50. The van der Waals surface area contributed by atoms with E-state index in [0.717, 1.165) is 0 Å². The number of carbonyl (C=O) groups excluding carboxylic acids is 1. The van der Waals surface area contributed by atoms with Crippen molar-refractivity contribution in [2.24, 2.45) is 0 Å². The number of aliphatic hydroxyl groups excluding tert-OH is 2. The number of rotatable bonds is 14. The number of hydrogen-bond acceptors (Lipinski definition) is 12. The van der Waals surface area contributed by atoms with Crippen LogP contribution in [0.1, 0.15) is 53.3 Å². The van der Waals surface area contributed by atoms with Crippen LogP contribution in [0.4, 0.5) is 5.82 Å². The van der Waals surface area contributed by atoms with Crippen LogP contribution >= 0.6 is 7.75 Å². The normalized spacial score (nSPS) is 24.2. The zero-order valence-corrected chi connectivity index (χ0v) is 26.8. The number of nitrogens with zero attached hydrogens (tertiary/aromatic N) is 4. The molecule has 0 bridgehead atoms. The van der Waals surface area contributed by atoms with Gasteiger partial charge in [-0.25, -0.2) is 14.1 Å². The molecule has 0 aliphatic carbocycles. The van der Waals surface area contributed by atoms with Crippen molar-refractivity contribution in [3.63, 3.8) is 0 Å². The van der Waals surface area contributed by atoms with Gasteiger partial charge >= 0.3 is 13.7 Å². The van der Waals surface area contributed by atoms with E-state index in [1.54, 1.807) is 42.5 Å². The molecule has 1 saturated heterocycles. The van der Waals surface area contributed by atoms with Crippen LogP contribution in [0.5, 0.6) is 5.75 Å². The Kier molecular flexibility index (Phi) is 10.7. The van der Waals surface area contributed by atoms with Gasteiger partial charge in [0.15, 0.2) is 5.82 Å². The first-order chi connectivity index (χ1) is 20.7. The van der Waals surface area contributed by atoms with E-state index in [4.69, 9.17) is 24.3 Å². The Bertz CT molecular complexity index is 1450. The molecule has 242 valence electrons. The summed E-state index contributed by atoms with van der Waals surface area (Å²) in [5.74, 6) is -0.181. The fourth-order valence-corrected chi connectivity index (χ4v) is 6.79. The summed E-state index contributed by atoms with van der Waals surface area (Å²) in [6.07, 6.45) is -2.59. The van der Waals surface area contributed by atoms with Gasteiger partial charge in [-0.05, 0) is 65.8 Å². The molecule has 1 aliphatic heterocycles. The lowest BCUT2D eigenvalue weighted by Gasteiger charge is -2.31. The van der Waals surface area contributed by atoms with E-state index in [2.05, 4.69) is 47.8 Å². The van der Waals surface area contributed by atoms with Gasteiger partial charge in [0.05, 0.1) is 12.3 Å². The first-order valence-corrected chi connectivity index (χ1v) is 16.1. The molecule has 0 radical (unpaired) electrons. The van der Waals surface area contributed by atoms with Crippen molar-refractivity contribution in [1.29, 1.82) is 0 Å². The molecule has 4 rings (SSSR count). The zero-order valence-electron chi connectivity index (χ0n) is 25.9. The second-order valence-corrected chi connectivity index (χ2v) is 13.3. The molecule has 3 heterocycles. The van der Waals surface area contributed by atoms with E-state index in [9.17, 15) is 19.6 Å². The van der Waals surface area contributed by atoms with Crippen LogP contribution in [-0.4, -0.2) is 91.4 Å². The standard InChI is InChI=1S/C29H43N6O8P/c1-18(2)34(19(3)4)14-15-40-28(38)20(5)33-44(39,43-21-10-8-7-9-11-21)41-16-29(6)26(37)24(36)25(42-29)22-12-13-23-27(30)31-17-32-35(22)23/h7-13,17-20,24-26,36-37H,14-16H2,1-6H3,(H,33,39)(H2,30,31,32)/t20-,24-,25-,26-,29+,44?/m0/s1. The van der Waals surface area contributed by atoms with E-state index in [1.165, 1.54) is 24.7 Å². The second kappa shape index (κ2) is 13.9. The molecular weight excluding hydrogens is 591 g/mol. The largest absolute Gasteiger partial charge is 0.463 e. The molecule has 1 aromatic carbocycles. The summed E-state index contributed by atoms with van der Waals surface area (Å²) >= 11 is 0. The van der Waals surface area contributed by atoms with Gasteiger partial charge in [0.2, 0.25) is 0 Å². The highest BCUT2D eigenvalue weighted by molar-refractivity contribution is 7.52. The van der Waals surface area contributed by atoms with Gasteiger partial charge in [-0.1, -0.05) is 18.2 Å². The minimum Gasteiger partial charge on any atom is -0.463 e. The molecule has 1 aliphatic rings. The Morgan fingerprint density at radius 2 is 1.84 bits per heavy atom. The van der Waals surface area contributed by atoms with E-state index in [1.807, 2.05) is 0 Å². The van der Waals surface area contributed by atoms with Gasteiger partial charge < -0.3 is 29.9 Å². The maximum Gasteiger partial charge on any atom is 0.459 e. The minimum atomic E-state index is -4.28. The van der Waals surface area contributed by atoms with Gasteiger partial charge in [0.1, 0.15) is 54.2 Å². The summed E-state index contributed by atoms with van der Waals surface area (Å²) in [5, 5.41) is 28.8. The van der Waals surface area contributed by atoms with Crippen molar-refractivity contribution in [2.45, 2.75) is 83.6 Å². The molecule has 0 amide bonds. The lowest BCUT2D eigenvalue weighted by Crippen LogP contribution is -2.45. The van der Waals surface area contributed by atoms with E-state index < -0.39 is 50.3 Å². The highest BCUT2D eigenvalue weighted by Gasteiger charge is 2.54. The first-order valence-electron chi connectivity index (χ1n) is 14.6. The van der Waals surface area contributed by atoms with Crippen molar-refractivity contribution in [3.8, 4) is 5.75 Å². The summed E-state index contributed by atoms with van der Waals surface area (Å²) in [7, 11) is -4.28. The molecule has 3 aromatic rings. The van der Waals surface area contributed by atoms with Gasteiger partial charge in [-0.15, -0.1) is 0 Å². The first kappa shape index (κ1) is 33.8. The van der Waals surface area contributed by atoms with Crippen LogP contribution in [-0.2, 0) is 23.4 Å². The number of aromatic nitrogens is 3. The monoisotopic (exact) mass is 634 g/mol. The molecule has 14 nitrogen and oxygen atoms in total. The summed E-state index contributed by atoms with van der Waals surface area (Å²) in [5.41, 5.74) is 5.33. The minimum absolute atomic E-state index is 0.147. The fourth-order valence-electron chi connectivity index (χ4n) is 5.20. The van der Waals surface area contributed by atoms with Gasteiger partial charge in [0.25, 0.3) is 0 Å². The molecule has 44 heavy (non-hydrogen) atoms. The number of nitrogens with two attached hydrogens (primary N) is 1. The Morgan fingerprint density at radius 1 is 1.16 bits per heavy atom. The molecule has 5 N–H and O–H groups in total. The molecular formula is C29H43N6O8P. The quantitative estimate of drug-likeness (QED) is 0.150. The number of aliphatic hydroxyl groups is 2. The SMILES string of the molecule is CC(C)N(CCOC(=O)[C@H](C)NP(=O)(OC[C@@]1(C)O[C@@H](c2ccc3c(N)ncnn23)[C@H](O)[C@@H]1O)Oc1ccccc1)C(C)C. The fraction of sp³-hybridized carbons (Fsp3) is 0.552. The van der Waals surface area contributed by atoms with E-state index >= 15 is 0 Å². The zero-order chi connectivity index (χ0) is 32.2. The average molecular weight is 635 g/mol. The number of nitrogen functional groups attached to an aromatic ring is 1. The summed E-state index contributed by atoms with van der Waals surface area (Å²) in [6, 6.07) is 11.1. The molecule has 6 atom stereocenters. The van der Waals surface area contributed by atoms with Crippen LogP contribution < -0.4 is 15.3 Å². The van der Waals surface area contributed by atoms with Crippen molar-refractivity contribution in [2.75, 3.05) is 25.5 Å². The van der Waals surface area contributed by atoms with Crippen molar-refractivity contribution < 1.29 is 38.1 Å². The summed E-state index contributed by atoms with van der Waals surface area (Å²) in [6.45, 7) is 11.5. The van der Waals surface area contributed by atoms with Crippen molar-refractivity contribution in [3.05, 3.63) is 54.5 Å². The number of para-hydroxylation sites is 1. The van der Waals surface area contributed by atoms with Gasteiger partial charge in [0, 0.05) is 18.6 Å². The molecule has 1 unspecified atom stereocenters. The maximum atomic E-state index is 14.1. The lowest BCUT2D eigenvalue weighted by molar-refractivity contribution is -0.146. The Labute approximate surface area is 257 Å². The maximum absolute atomic E-state index is 14.1. The smallest absolute Gasteiger partial charge is 0.459 e. The second-order valence-electron chi connectivity index (χ2n) is 11.6. The van der Waals surface area contributed by atoms with Crippen LogP contribution in [0.25, 0.3) is 5.52 Å². The number of fused-ring (bicyclic) bond motifs is 1. The Hall–Kier alpha value is -3.10. The van der Waals surface area contributed by atoms with E-state index in [-0.39, 0.29) is 30.3 Å². The number of anilines is 1. The molecule has 2 aromatic heterocycles. The number of esters is 1. The van der Waals surface area contributed by atoms with Crippen molar-refractivity contribution in [1.82, 2.24) is 24.6 Å². The molecule has 15 heteroatoms. The number of benzene rings is 1. The third-order valence-corrected chi connectivity index (χ3v) is 9.20. The van der Waals surface area contributed by atoms with Crippen LogP contribution in [0.2, 0.25) is 0 Å². The molecule has 1 fully saturated rings. The number of carbonyl (C=O) groups is 1. The van der Waals surface area contributed by atoms with Crippen LogP contribution in [0.15, 0.2) is 48.8 Å². The topological polar surface area (TPSA) is 183 Å². The third kappa shape index (κ3) is 7.57. The number of nitrogens with one attached hydrogen (secondary N) is 1. The molecule has 0 saturated carbocycles. The van der Waals surface area contributed by atoms with Gasteiger partial charge in [-0.3, -0.25) is 14.2 Å². The number of ether oxygens (including phenoxy) is 2.